The summed E-state index contributed by atoms with van der Waals surface area (Å²) in [5, 5.41) is 0. The number of rotatable bonds is 2. The van der Waals surface area contributed by atoms with Gasteiger partial charge in [0, 0.05) is 11.5 Å². The molecule has 9 rings (SSSR count). The molecule has 2 aliphatic rings. The molecule has 7 aromatic rings. The molecule has 1 aromatic heterocycles. The molecule has 0 bridgehead atoms. The Kier molecular flexibility index (Phi) is 7.25. The molecule has 0 saturated carbocycles. The van der Waals surface area contributed by atoms with Gasteiger partial charge in [-0.05, 0) is 48.3 Å². The molecular weight excluding hydrogens is 726 g/mol. The number of hydrogen-bond acceptors (Lipinski definition) is 3. The van der Waals surface area contributed by atoms with Crippen molar-refractivity contribution in [3.8, 4) is 34.4 Å². The van der Waals surface area contributed by atoms with Crippen molar-refractivity contribution in [2.24, 2.45) is 0 Å². The largest absolute Gasteiger partial charge is 4.00 e. The quantitative estimate of drug-likeness (QED) is 0.131. The third-order valence-electron chi connectivity index (χ3n) is 7.46. The third-order valence-corrected chi connectivity index (χ3v) is 7.46. The molecule has 212 valence electrons. The Labute approximate surface area is 270 Å². The predicted octanol–water partition coefficient (Wildman–Crippen LogP) is 8.78. The molecule has 0 spiro atoms. The van der Waals surface area contributed by atoms with E-state index in [1.807, 2.05) is 78.9 Å². The standard InChI is InChI=1S/C20H15N2.C18H9NO2.Pt/c1-16-11-13-18(14-12-16)22-15-21(17-7-3-2-4-8-17)19-9-5-6-10-20(19)22;1-3-8-14-12(6-1)19-13-7-2-4-9-15(13)21-17-11-5-10-16(20-14)18(17)19;/h2-7,9-14H,1H3;1-5,8-11H;/q-1;-2;+4. The first-order valence-corrected chi connectivity index (χ1v) is 14.0. The Morgan fingerprint density at radius 3 is 1.86 bits per heavy atom. The van der Waals surface area contributed by atoms with Gasteiger partial charge in [0.1, 0.15) is 17.2 Å². The fourth-order valence-electron chi connectivity index (χ4n) is 5.45. The SMILES string of the molecule is Cc1ccc(-[n+]2[c-]n(-c3[c-]cccc3)c3ccccc32)cc1.[Pt+4].[c-]1cccc2c1N1c3[c-]cccc3Oc3cccc(c31)O2. The minimum absolute atomic E-state index is 0. The number of anilines is 3. The van der Waals surface area contributed by atoms with Crippen molar-refractivity contribution in [1.82, 2.24) is 4.57 Å². The number of fused-ring (bicyclic) bond motifs is 5. The van der Waals surface area contributed by atoms with E-state index in [1.54, 1.807) is 0 Å². The number of nitrogens with zero attached hydrogens (tertiary/aromatic N) is 3. The van der Waals surface area contributed by atoms with Crippen molar-refractivity contribution in [1.29, 1.82) is 0 Å². The van der Waals surface area contributed by atoms with Crippen LogP contribution in [0.4, 0.5) is 17.1 Å². The van der Waals surface area contributed by atoms with E-state index in [-0.39, 0.29) is 21.1 Å². The molecule has 0 amide bonds. The minimum atomic E-state index is 0. The summed E-state index contributed by atoms with van der Waals surface area (Å²) in [6.45, 7) is 2.10. The zero-order valence-corrected chi connectivity index (χ0v) is 25.9. The minimum Gasteiger partial charge on any atom is -0.512 e. The maximum absolute atomic E-state index is 5.97. The second-order valence-electron chi connectivity index (χ2n) is 10.3. The first-order valence-electron chi connectivity index (χ1n) is 14.0. The summed E-state index contributed by atoms with van der Waals surface area (Å²) in [5.74, 6) is 3.13. The first-order chi connectivity index (χ1) is 21.2. The molecule has 0 unspecified atom stereocenters. The van der Waals surface area contributed by atoms with Crippen LogP contribution in [0.25, 0.3) is 22.4 Å². The molecule has 0 saturated heterocycles. The van der Waals surface area contributed by atoms with Crippen LogP contribution in [0.2, 0.25) is 0 Å². The van der Waals surface area contributed by atoms with Crippen molar-refractivity contribution < 1.29 is 35.1 Å². The Balaban J connectivity index is 0.000000139. The Hall–Kier alpha value is -5.12. The molecular formula is C38H24N3O2Pt+. The van der Waals surface area contributed by atoms with Gasteiger partial charge < -0.3 is 18.9 Å². The normalized spacial score (nSPS) is 11.9. The van der Waals surface area contributed by atoms with Gasteiger partial charge in [0.2, 0.25) is 0 Å². The van der Waals surface area contributed by atoms with Gasteiger partial charge in [-0.2, -0.15) is 66.7 Å². The van der Waals surface area contributed by atoms with E-state index in [0.29, 0.717) is 0 Å². The topological polar surface area (TPSA) is 30.5 Å². The van der Waals surface area contributed by atoms with Gasteiger partial charge in [-0.3, -0.25) is 4.57 Å². The van der Waals surface area contributed by atoms with Gasteiger partial charge in [-0.15, -0.1) is 12.1 Å². The van der Waals surface area contributed by atoms with Crippen LogP contribution < -0.4 is 18.9 Å². The number of aromatic nitrogens is 2. The van der Waals surface area contributed by atoms with E-state index in [9.17, 15) is 0 Å². The molecule has 3 heterocycles. The number of hydrogen-bond donors (Lipinski definition) is 0. The molecule has 0 N–H and O–H groups in total. The fourth-order valence-corrected chi connectivity index (χ4v) is 5.45. The summed E-state index contributed by atoms with van der Waals surface area (Å²) < 4.78 is 16.1. The average Bonchev–Trinajstić information content (AvgIpc) is 3.45. The van der Waals surface area contributed by atoms with Crippen molar-refractivity contribution >= 4 is 28.1 Å². The van der Waals surface area contributed by atoms with Crippen LogP contribution in [-0.2, 0) is 21.1 Å². The number of imidazole rings is 1. The van der Waals surface area contributed by atoms with Crippen molar-refractivity contribution in [3.63, 3.8) is 0 Å². The van der Waals surface area contributed by atoms with E-state index in [0.717, 1.165) is 62.5 Å². The Morgan fingerprint density at radius 1 is 0.591 bits per heavy atom. The monoisotopic (exact) mass is 749 g/mol. The molecule has 0 atom stereocenters. The number of benzene rings is 6. The summed E-state index contributed by atoms with van der Waals surface area (Å²) >= 11 is 0. The number of para-hydroxylation sites is 6. The maximum atomic E-state index is 5.97. The van der Waals surface area contributed by atoms with Crippen LogP contribution in [0.5, 0.6) is 23.0 Å². The third kappa shape index (κ3) is 4.76. The van der Waals surface area contributed by atoms with Crippen molar-refractivity contribution in [2.45, 2.75) is 6.92 Å². The Morgan fingerprint density at radius 2 is 1.20 bits per heavy atom. The summed E-state index contributed by atoms with van der Waals surface area (Å²) in [5.41, 5.74) is 8.26. The number of ether oxygens (including phenoxy) is 2. The van der Waals surface area contributed by atoms with E-state index in [4.69, 9.17) is 9.47 Å². The molecule has 6 heteroatoms. The van der Waals surface area contributed by atoms with E-state index < -0.39 is 0 Å². The van der Waals surface area contributed by atoms with Gasteiger partial charge in [-0.1, -0.05) is 48.0 Å². The summed E-state index contributed by atoms with van der Waals surface area (Å²) in [4.78, 5) is 2.10. The van der Waals surface area contributed by atoms with Crippen LogP contribution in [-0.4, -0.2) is 4.57 Å². The van der Waals surface area contributed by atoms with Crippen molar-refractivity contribution in [3.05, 3.63) is 157 Å². The van der Waals surface area contributed by atoms with Crippen LogP contribution in [0.1, 0.15) is 5.56 Å². The zero-order valence-electron chi connectivity index (χ0n) is 23.6. The van der Waals surface area contributed by atoms with Crippen molar-refractivity contribution in [2.75, 3.05) is 4.90 Å². The van der Waals surface area contributed by atoms with E-state index in [1.165, 1.54) is 5.56 Å². The Bertz CT molecular complexity index is 2040. The van der Waals surface area contributed by atoms with Crippen LogP contribution in [0, 0.1) is 31.5 Å². The smallest absolute Gasteiger partial charge is 0.512 e. The van der Waals surface area contributed by atoms with Crippen LogP contribution in [0.3, 0.4) is 0 Å². The fraction of sp³-hybridized carbons (Fsp3) is 0.0263. The summed E-state index contributed by atoms with van der Waals surface area (Å²) in [7, 11) is 0. The van der Waals surface area contributed by atoms with Crippen LogP contribution in [0.15, 0.2) is 127 Å². The molecule has 0 radical (unpaired) electrons. The zero-order chi connectivity index (χ0) is 28.8. The van der Waals surface area contributed by atoms with Gasteiger partial charge in [0.05, 0.1) is 16.7 Å². The van der Waals surface area contributed by atoms with Crippen LogP contribution >= 0.6 is 0 Å². The number of aryl methyl sites for hydroxylation is 1. The van der Waals surface area contributed by atoms with Gasteiger partial charge in [-0.25, -0.2) is 0 Å². The average molecular weight is 750 g/mol. The predicted molar refractivity (Wildman–Crippen MR) is 166 cm³/mol. The summed E-state index contributed by atoms with van der Waals surface area (Å²) in [6.07, 6.45) is 3.44. The molecule has 0 fully saturated rings. The van der Waals surface area contributed by atoms with E-state index >= 15 is 0 Å². The van der Waals surface area contributed by atoms with Gasteiger partial charge >= 0.3 is 21.1 Å². The molecule has 44 heavy (non-hydrogen) atoms. The second kappa shape index (κ2) is 11.5. The first kappa shape index (κ1) is 27.7. The molecule has 2 aliphatic heterocycles. The van der Waals surface area contributed by atoms with Gasteiger partial charge in [0.15, 0.2) is 0 Å². The molecule has 0 aliphatic carbocycles. The molecule has 6 aromatic carbocycles. The maximum Gasteiger partial charge on any atom is 4.00 e. The second-order valence-corrected chi connectivity index (χ2v) is 10.3. The molecule has 5 nitrogen and oxygen atoms in total. The summed E-state index contributed by atoms with van der Waals surface area (Å²) in [6, 6.07) is 51.9. The van der Waals surface area contributed by atoms with Gasteiger partial charge in [0.25, 0.3) is 6.33 Å². The van der Waals surface area contributed by atoms with E-state index in [2.05, 4.69) is 94.0 Å².